The van der Waals surface area contributed by atoms with Crippen molar-refractivity contribution in [2.24, 2.45) is 0 Å². The molecule has 0 N–H and O–H groups in total. The van der Waals surface area contributed by atoms with Crippen LogP contribution in [0.5, 0.6) is 11.5 Å². The van der Waals surface area contributed by atoms with Crippen molar-refractivity contribution in [1.82, 2.24) is 0 Å². The number of halogens is 1. The number of benzene rings is 2. The summed E-state index contributed by atoms with van der Waals surface area (Å²) in [5, 5.41) is 0.566. The Morgan fingerprint density at radius 3 is 2.56 bits per heavy atom. The molecular formula is C19H17ClO5. The number of Topliss-reactive ketones (excluding diaryl/α,β-unsaturated/α-hetero) is 1. The largest absolute Gasteiger partial charge is 0.497 e. The molecule has 0 aliphatic heterocycles. The van der Waals surface area contributed by atoms with Crippen molar-refractivity contribution in [3.63, 3.8) is 0 Å². The molecule has 0 aliphatic rings. The van der Waals surface area contributed by atoms with Crippen molar-refractivity contribution in [1.29, 1.82) is 0 Å². The molecule has 2 aromatic rings. The normalized spacial score (nSPS) is 10.5. The average Bonchev–Trinajstić information content (AvgIpc) is 2.63. The molecule has 0 spiro atoms. The molecule has 0 aliphatic carbocycles. The van der Waals surface area contributed by atoms with Gasteiger partial charge in [-0.3, -0.25) is 4.79 Å². The van der Waals surface area contributed by atoms with E-state index in [2.05, 4.69) is 0 Å². The number of carbonyl (C=O) groups is 2. The minimum atomic E-state index is -0.629. The van der Waals surface area contributed by atoms with Crippen LogP contribution in [0.3, 0.4) is 0 Å². The zero-order chi connectivity index (χ0) is 18.2. The lowest BCUT2D eigenvalue weighted by atomic mass is 10.1. The van der Waals surface area contributed by atoms with Crippen LogP contribution in [0.25, 0.3) is 6.08 Å². The second kappa shape index (κ2) is 8.89. The molecular weight excluding hydrogens is 344 g/mol. The number of hydrogen-bond acceptors (Lipinski definition) is 5. The van der Waals surface area contributed by atoms with Crippen molar-refractivity contribution >= 4 is 29.4 Å². The van der Waals surface area contributed by atoms with Gasteiger partial charge in [-0.05, 0) is 42.0 Å². The Morgan fingerprint density at radius 1 is 1.08 bits per heavy atom. The molecule has 0 saturated heterocycles. The van der Waals surface area contributed by atoms with E-state index in [-0.39, 0.29) is 11.3 Å². The van der Waals surface area contributed by atoms with E-state index in [9.17, 15) is 9.59 Å². The minimum Gasteiger partial charge on any atom is -0.497 e. The highest BCUT2D eigenvalue weighted by Gasteiger charge is 2.15. The van der Waals surface area contributed by atoms with Crippen LogP contribution in [0.1, 0.15) is 15.9 Å². The summed E-state index contributed by atoms with van der Waals surface area (Å²) in [6.45, 7) is -0.401. The van der Waals surface area contributed by atoms with Crippen LogP contribution in [-0.2, 0) is 9.53 Å². The number of methoxy groups -OCH3 is 2. The van der Waals surface area contributed by atoms with E-state index >= 15 is 0 Å². The summed E-state index contributed by atoms with van der Waals surface area (Å²) in [6, 6.07) is 11.8. The Balaban J connectivity index is 1.98. The van der Waals surface area contributed by atoms with Gasteiger partial charge in [0.15, 0.2) is 6.61 Å². The van der Waals surface area contributed by atoms with E-state index in [1.165, 1.54) is 26.4 Å². The highest BCUT2D eigenvalue weighted by atomic mass is 35.5. The third-order valence-corrected chi connectivity index (χ3v) is 3.55. The number of esters is 1. The maximum atomic E-state index is 12.3. The van der Waals surface area contributed by atoms with Crippen LogP contribution in [0, 0.1) is 0 Å². The summed E-state index contributed by atoms with van der Waals surface area (Å²) >= 11 is 5.87. The molecule has 0 aromatic heterocycles. The van der Waals surface area contributed by atoms with E-state index < -0.39 is 12.6 Å². The Bertz CT molecular complexity index is 798. The van der Waals surface area contributed by atoms with E-state index in [1.54, 1.807) is 42.5 Å². The molecule has 25 heavy (non-hydrogen) atoms. The molecule has 6 heteroatoms. The maximum absolute atomic E-state index is 12.3. The highest BCUT2D eigenvalue weighted by molar-refractivity contribution is 6.30. The van der Waals surface area contributed by atoms with E-state index in [0.29, 0.717) is 16.5 Å². The molecule has 0 radical (unpaired) electrons. The topological polar surface area (TPSA) is 61.8 Å². The van der Waals surface area contributed by atoms with Crippen molar-refractivity contribution < 1.29 is 23.8 Å². The van der Waals surface area contributed by atoms with Crippen LogP contribution in [0.4, 0.5) is 0 Å². The van der Waals surface area contributed by atoms with Crippen LogP contribution < -0.4 is 9.47 Å². The second-order valence-electron chi connectivity index (χ2n) is 4.99. The summed E-state index contributed by atoms with van der Waals surface area (Å²) in [7, 11) is 2.95. The standard InChI is InChI=1S/C19H17ClO5/c1-23-15-7-8-18(24-2)16(11-15)17(21)12-25-19(22)9-6-13-4-3-5-14(20)10-13/h3-11H,12H2,1-2H3/b9-6+. The Labute approximate surface area is 150 Å². The zero-order valence-electron chi connectivity index (χ0n) is 13.8. The lowest BCUT2D eigenvalue weighted by Gasteiger charge is -2.09. The number of hydrogen-bond donors (Lipinski definition) is 0. The number of rotatable bonds is 7. The summed E-state index contributed by atoms with van der Waals surface area (Å²) in [5.41, 5.74) is 1.04. The van der Waals surface area contributed by atoms with Gasteiger partial charge < -0.3 is 14.2 Å². The lowest BCUT2D eigenvalue weighted by Crippen LogP contribution is -2.13. The van der Waals surface area contributed by atoms with E-state index in [4.69, 9.17) is 25.8 Å². The molecule has 0 fully saturated rings. The monoisotopic (exact) mass is 360 g/mol. The van der Waals surface area contributed by atoms with Crippen LogP contribution in [0.2, 0.25) is 5.02 Å². The molecule has 0 atom stereocenters. The van der Waals surface area contributed by atoms with Crippen LogP contribution in [-0.4, -0.2) is 32.6 Å². The molecule has 130 valence electrons. The van der Waals surface area contributed by atoms with Gasteiger partial charge in [0.1, 0.15) is 11.5 Å². The third kappa shape index (κ3) is 5.36. The molecule has 0 saturated carbocycles. The number of ketones is 1. The van der Waals surface area contributed by atoms with Crippen LogP contribution in [0.15, 0.2) is 48.5 Å². The third-order valence-electron chi connectivity index (χ3n) is 3.31. The Morgan fingerprint density at radius 2 is 1.88 bits per heavy atom. The highest BCUT2D eigenvalue weighted by Crippen LogP contribution is 2.24. The van der Waals surface area contributed by atoms with Gasteiger partial charge in [-0.1, -0.05) is 23.7 Å². The second-order valence-corrected chi connectivity index (χ2v) is 5.42. The summed E-state index contributed by atoms with van der Waals surface area (Å²) in [5.74, 6) is -0.122. The van der Waals surface area contributed by atoms with Crippen LogP contribution >= 0.6 is 11.6 Å². The fourth-order valence-electron chi connectivity index (χ4n) is 2.07. The average molecular weight is 361 g/mol. The number of carbonyl (C=O) groups excluding carboxylic acids is 2. The fourth-order valence-corrected chi connectivity index (χ4v) is 2.27. The van der Waals surface area contributed by atoms with E-state index in [0.717, 1.165) is 5.56 Å². The Hall–Kier alpha value is -2.79. The van der Waals surface area contributed by atoms with Gasteiger partial charge in [-0.25, -0.2) is 4.79 Å². The molecule has 0 unspecified atom stereocenters. The first kappa shape index (κ1) is 18.5. The van der Waals surface area contributed by atoms with Gasteiger partial charge in [0.05, 0.1) is 19.8 Å². The van der Waals surface area contributed by atoms with Gasteiger partial charge in [0.2, 0.25) is 5.78 Å². The molecule has 5 nitrogen and oxygen atoms in total. The SMILES string of the molecule is COc1ccc(OC)c(C(=O)COC(=O)/C=C/c2cccc(Cl)c2)c1. The van der Waals surface area contributed by atoms with Gasteiger partial charge in [0.25, 0.3) is 0 Å². The zero-order valence-corrected chi connectivity index (χ0v) is 14.6. The number of ether oxygens (including phenoxy) is 3. The van der Waals surface area contributed by atoms with Gasteiger partial charge >= 0.3 is 5.97 Å². The molecule has 2 aromatic carbocycles. The van der Waals surface area contributed by atoms with E-state index in [1.807, 2.05) is 0 Å². The molecule has 0 amide bonds. The smallest absolute Gasteiger partial charge is 0.331 e. The first-order chi connectivity index (χ1) is 12.0. The predicted octanol–water partition coefficient (Wildman–Crippen LogP) is 3.80. The fraction of sp³-hybridized carbons (Fsp3) is 0.158. The molecule has 0 heterocycles. The van der Waals surface area contributed by atoms with Crippen molar-refractivity contribution in [2.45, 2.75) is 0 Å². The first-order valence-corrected chi connectivity index (χ1v) is 7.77. The first-order valence-electron chi connectivity index (χ1n) is 7.39. The van der Waals surface area contributed by atoms with Gasteiger partial charge in [-0.2, -0.15) is 0 Å². The van der Waals surface area contributed by atoms with Gasteiger partial charge in [-0.15, -0.1) is 0 Å². The molecule has 2 rings (SSSR count). The van der Waals surface area contributed by atoms with Crippen molar-refractivity contribution in [2.75, 3.05) is 20.8 Å². The van der Waals surface area contributed by atoms with Crippen molar-refractivity contribution in [3.8, 4) is 11.5 Å². The Kier molecular flexibility index (Phi) is 6.60. The summed E-state index contributed by atoms with van der Waals surface area (Å²) < 4.78 is 15.2. The molecule has 0 bridgehead atoms. The van der Waals surface area contributed by atoms with Crippen molar-refractivity contribution in [3.05, 3.63) is 64.7 Å². The predicted molar refractivity (Wildman–Crippen MR) is 95.3 cm³/mol. The lowest BCUT2D eigenvalue weighted by molar-refractivity contribution is -0.136. The maximum Gasteiger partial charge on any atom is 0.331 e. The van der Waals surface area contributed by atoms with Gasteiger partial charge in [0, 0.05) is 11.1 Å². The summed E-state index contributed by atoms with van der Waals surface area (Å²) in [6.07, 6.45) is 2.80. The quantitative estimate of drug-likeness (QED) is 0.427. The minimum absolute atomic E-state index is 0.286. The summed E-state index contributed by atoms with van der Waals surface area (Å²) in [4.78, 5) is 24.0.